The highest BCUT2D eigenvalue weighted by atomic mass is 19.1. The SMILES string of the molecule is COc1ccc(CN(OCC2CC2)C(=O)c2cccc(N3CCCC3CO)c2)cc1F. The molecule has 2 aliphatic rings. The Morgan fingerprint density at radius 1 is 1.23 bits per heavy atom. The molecule has 1 aliphatic carbocycles. The van der Waals surface area contributed by atoms with Crippen LogP contribution in [0.25, 0.3) is 0 Å². The van der Waals surface area contributed by atoms with Gasteiger partial charge in [-0.3, -0.25) is 9.63 Å². The van der Waals surface area contributed by atoms with Gasteiger partial charge in [0.05, 0.1) is 32.9 Å². The Kier molecular flexibility index (Phi) is 6.73. The summed E-state index contributed by atoms with van der Waals surface area (Å²) >= 11 is 0. The van der Waals surface area contributed by atoms with Gasteiger partial charge in [-0.2, -0.15) is 0 Å². The first-order valence-electron chi connectivity index (χ1n) is 10.8. The normalized spacial score (nSPS) is 18.3. The molecule has 1 amide bonds. The van der Waals surface area contributed by atoms with Crippen molar-refractivity contribution in [2.45, 2.75) is 38.3 Å². The van der Waals surface area contributed by atoms with Gasteiger partial charge in [-0.25, -0.2) is 9.45 Å². The van der Waals surface area contributed by atoms with Gasteiger partial charge in [0.2, 0.25) is 0 Å². The van der Waals surface area contributed by atoms with E-state index in [-0.39, 0.29) is 30.9 Å². The number of carbonyl (C=O) groups is 1. The summed E-state index contributed by atoms with van der Waals surface area (Å²) in [5.41, 5.74) is 2.05. The number of ether oxygens (including phenoxy) is 1. The molecular formula is C24H29FN2O4. The molecule has 6 nitrogen and oxygen atoms in total. The van der Waals surface area contributed by atoms with Crippen LogP contribution in [0.4, 0.5) is 10.1 Å². The smallest absolute Gasteiger partial charge is 0.277 e. The number of rotatable bonds is 9. The number of amides is 1. The summed E-state index contributed by atoms with van der Waals surface area (Å²) in [5.74, 6) is -0.0967. The summed E-state index contributed by atoms with van der Waals surface area (Å²) in [7, 11) is 1.42. The Bertz CT molecular complexity index is 918. The monoisotopic (exact) mass is 428 g/mol. The molecule has 2 aromatic rings. The lowest BCUT2D eigenvalue weighted by Gasteiger charge is -2.26. The summed E-state index contributed by atoms with van der Waals surface area (Å²) in [4.78, 5) is 21.3. The van der Waals surface area contributed by atoms with Gasteiger partial charge < -0.3 is 14.7 Å². The average molecular weight is 429 g/mol. The van der Waals surface area contributed by atoms with Crippen LogP contribution in [0.5, 0.6) is 5.75 Å². The lowest BCUT2D eigenvalue weighted by Crippen LogP contribution is -2.33. The molecule has 0 radical (unpaired) electrons. The van der Waals surface area contributed by atoms with Crippen molar-refractivity contribution in [2.75, 3.05) is 31.8 Å². The highest BCUT2D eigenvalue weighted by molar-refractivity contribution is 5.94. The van der Waals surface area contributed by atoms with Gasteiger partial charge in [0, 0.05) is 17.8 Å². The van der Waals surface area contributed by atoms with Crippen LogP contribution in [0.2, 0.25) is 0 Å². The molecule has 1 saturated heterocycles. The Labute approximate surface area is 182 Å². The van der Waals surface area contributed by atoms with E-state index in [1.807, 2.05) is 18.2 Å². The van der Waals surface area contributed by atoms with Gasteiger partial charge in [0.1, 0.15) is 0 Å². The van der Waals surface area contributed by atoms with E-state index < -0.39 is 5.82 Å². The zero-order chi connectivity index (χ0) is 21.8. The van der Waals surface area contributed by atoms with E-state index in [1.165, 1.54) is 18.2 Å². The number of halogens is 1. The third kappa shape index (κ3) is 5.17. The summed E-state index contributed by atoms with van der Waals surface area (Å²) in [6.07, 6.45) is 4.16. The van der Waals surface area contributed by atoms with Crippen molar-refractivity contribution < 1.29 is 23.9 Å². The number of methoxy groups -OCH3 is 1. The van der Waals surface area contributed by atoms with E-state index in [9.17, 15) is 14.3 Å². The summed E-state index contributed by atoms with van der Waals surface area (Å²) in [6.45, 7) is 1.57. The summed E-state index contributed by atoms with van der Waals surface area (Å²) in [5, 5.41) is 11.0. The Morgan fingerprint density at radius 2 is 2.06 bits per heavy atom. The fraction of sp³-hybridized carbons (Fsp3) is 0.458. The van der Waals surface area contributed by atoms with E-state index >= 15 is 0 Å². The fourth-order valence-electron chi connectivity index (χ4n) is 3.96. The second kappa shape index (κ2) is 9.66. The van der Waals surface area contributed by atoms with Crippen LogP contribution in [0.1, 0.15) is 41.6 Å². The first-order chi connectivity index (χ1) is 15.1. The van der Waals surface area contributed by atoms with E-state index in [2.05, 4.69) is 4.90 Å². The zero-order valence-corrected chi connectivity index (χ0v) is 17.8. The number of hydroxylamine groups is 2. The van der Waals surface area contributed by atoms with Crippen molar-refractivity contribution in [2.24, 2.45) is 5.92 Å². The highest BCUT2D eigenvalue weighted by Gasteiger charge is 2.27. The molecule has 1 aliphatic heterocycles. The predicted molar refractivity (Wildman–Crippen MR) is 115 cm³/mol. The van der Waals surface area contributed by atoms with Gasteiger partial charge in [-0.05, 0) is 67.5 Å². The minimum Gasteiger partial charge on any atom is -0.494 e. The van der Waals surface area contributed by atoms with Crippen LogP contribution in [-0.2, 0) is 11.4 Å². The molecule has 1 saturated carbocycles. The molecule has 7 heteroatoms. The molecular weight excluding hydrogens is 399 g/mol. The maximum Gasteiger partial charge on any atom is 0.277 e. The minimum absolute atomic E-state index is 0.0786. The van der Waals surface area contributed by atoms with Crippen molar-refractivity contribution >= 4 is 11.6 Å². The van der Waals surface area contributed by atoms with Crippen LogP contribution in [0.15, 0.2) is 42.5 Å². The summed E-state index contributed by atoms with van der Waals surface area (Å²) in [6, 6.07) is 12.1. The van der Waals surface area contributed by atoms with E-state index in [4.69, 9.17) is 9.57 Å². The number of hydrogen-bond donors (Lipinski definition) is 1. The Morgan fingerprint density at radius 3 is 2.77 bits per heavy atom. The lowest BCUT2D eigenvalue weighted by atomic mass is 10.1. The number of carbonyl (C=O) groups excluding carboxylic acids is 1. The van der Waals surface area contributed by atoms with Crippen LogP contribution in [0, 0.1) is 11.7 Å². The minimum atomic E-state index is -0.472. The number of aliphatic hydroxyl groups is 1. The van der Waals surface area contributed by atoms with E-state index in [0.29, 0.717) is 23.7 Å². The molecule has 2 fully saturated rings. The summed E-state index contributed by atoms with van der Waals surface area (Å²) < 4.78 is 19.1. The van der Waals surface area contributed by atoms with Crippen LogP contribution in [-0.4, -0.2) is 49.0 Å². The van der Waals surface area contributed by atoms with Crippen molar-refractivity contribution in [3.8, 4) is 5.75 Å². The number of benzene rings is 2. The second-order valence-corrected chi connectivity index (χ2v) is 8.27. The molecule has 166 valence electrons. The van der Waals surface area contributed by atoms with E-state index in [1.54, 1.807) is 18.2 Å². The van der Waals surface area contributed by atoms with E-state index in [0.717, 1.165) is 37.9 Å². The number of anilines is 1. The molecule has 1 atom stereocenters. The Balaban J connectivity index is 1.54. The molecule has 4 rings (SSSR count). The predicted octanol–water partition coefficient (Wildman–Crippen LogP) is 3.78. The topological polar surface area (TPSA) is 62.2 Å². The van der Waals surface area contributed by atoms with Crippen molar-refractivity contribution in [1.82, 2.24) is 5.06 Å². The molecule has 0 aromatic heterocycles. The molecule has 1 heterocycles. The molecule has 0 bridgehead atoms. The third-order valence-corrected chi connectivity index (χ3v) is 5.94. The lowest BCUT2D eigenvalue weighted by molar-refractivity contribution is -0.133. The zero-order valence-electron chi connectivity index (χ0n) is 17.8. The number of nitrogens with zero attached hydrogens (tertiary/aromatic N) is 2. The van der Waals surface area contributed by atoms with Crippen LogP contribution >= 0.6 is 0 Å². The molecule has 31 heavy (non-hydrogen) atoms. The van der Waals surface area contributed by atoms with Gasteiger partial charge in [-0.1, -0.05) is 12.1 Å². The highest BCUT2D eigenvalue weighted by Crippen LogP contribution is 2.30. The van der Waals surface area contributed by atoms with Gasteiger partial charge >= 0.3 is 0 Å². The fourth-order valence-corrected chi connectivity index (χ4v) is 3.96. The van der Waals surface area contributed by atoms with Gasteiger partial charge in [0.25, 0.3) is 5.91 Å². The Hall–Kier alpha value is -2.64. The molecule has 1 N–H and O–H groups in total. The van der Waals surface area contributed by atoms with Crippen molar-refractivity contribution in [3.05, 3.63) is 59.4 Å². The quantitative estimate of drug-likeness (QED) is 0.616. The number of aliphatic hydroxyl groups excluding tert-OH is 1. The van der Waals surface area contributed by atoms with Gasteiger partial charge in [0.15, 0.2) is 11.6 Å². The maximum absolute atomic E-state index is 14.1. The molecule has 2 aromatic carbocycles. The maximum atomic E-state index is 14.1. The van der Waals surface area contributed by atoms with Crippen molar-refractivity contribution in [3.63, 3.8) is 0 Å². The van der Waals surface area contributed by atoms with Crippen molar-refractivity contribution in [1.29, 1.82) is 0 Å². The molecule has 1 unspecified atom stereocenters. The average Bonchev–Trinajstić information content (AvgIpc) is 3.50. The van der Waals surface area contributed by atoms with Gasteiger partial charge in [-0.15, -0.1) is 0 Å². The largest absolute Gasteiger partial charge is 0.494 e. The second-order valence-electron chi connectivity index (χ2n) is 8.27. The van der Waals surface area contributed by atoms with Crippen LogP contribution in [0.3, 0.4) is 0 Å². The first-order valence-corrected chi connectivity index (χ1v) is 10.8. The van der Waals surface area contributed by atoms with Crippen LogP contribution < -0.4 is 9.64 Å². The third-order valence-electron chi connectivity index (χ3n) is 5.94. The standard InChI is InChI=1S/C24H29FN2O4/c1-30-23-10-9-18(12-22(23)25)14-27(31-16-17-7-8-17)24(29)19-4-2-5-20(13-19)26-11-3-6-21(26)15-28/h2,4-5,9-10,12-13,17,21,28H,3,6-8,11,14-16H2,1H3. The first kappa shape index (κ1) is 21.6. The molecule has 0 spiro atoms. The number of hydrogen-bond acceptors (Lipinski definition) is 5.